The standard InChI is InChI=1S/C14H15NO8.C14H19NO7.C12H17NO5.C11H15NO5.C10H13NO5.C9H9NO6/c1-8-10(23-14(19)22-8)7-21-13(18)5-4-12(17)20-6-9-2-3-11(16)15-9;1-9(2)14(19)22-8-21-13(18)6-5-12(17)20-7-10-3-4-11(16)15-10;1-8(2)18-12(16)6-5-11(15)17-7-9-3-4-10(14)13-9;1-2-16-10(14)5-6-11(15)17-7-8-3-4-9(13)12-8;1-15-9(13)4-5-10(14)16-6-7-2-3-8(12)11-7;11-6-3-7(12)10-5(6)4-16-9(15)2-1-8(13)14/h4-5,9H,2-3,6-7H2,1H3,(H,15,16);5-6,9-10H,3-4,7-8H2,1-2H3,(H,15,16);5-6,8-9H,3-4,7H2,1-2H3,(H,13,14);5-6,8H,2-4,7H2,1H3,(H,12,13);4-5,7H,2-3,6H2,1H3,(H,11,12);1-2,5H,3-4H2,(H,10,12)(H,13,14)/b5-4+;3*6-5+;5-4+;2-1+. The third kappa shape index (κ3) is 45.6. The molecule has 6 saturated heterocycles. The lowest BCUT2D eigenvalue weighted by atomic mass is 10.2. The van der Waals surface area contributed by atoms with Gasteiger partial charge in [0.25, 0.3) is 0 Å². The minimum absolute atomic E-state index is 0.0342. The number of carbonyl (C=O) groups excluding carboxylic acids is 19. The number of carboxylic acids is 1. The molecule has 1 aromatic heterocycles. The van der Waals surface area contributed by atoms with Gasteiger partial charge in [0, 0.05) is 105 Å². The van der Waals surface area contributed by atoms with Crippen LogP contribution in [0.15, 0.2) is 86.5 Å². The minimum atomic E-state index is -1.28. The number of nitrogens with one attached hydrogen (secondary N) is 6. The molecule has 7 rings (SSSR count). The number of ether oxygens (including phenoxy) is 12. The van der Waals surface area contributed by atoms with Crippen molar-refractivity contribution in [2.45, 2.75) is 161 Å². The van der Waals surface area contributed by atoms with Gasteiger partial charge in [0.2, 0.25) is 42.2 Å². The molecule has 112 heavy (non-hydrogen) atoms. The number of hydrogen-bond acceptors (Lipinski definition) is 35. The molecule has 42 nitrogen and oxygen atoms in total. The van der Waals surface area contributed by atoms with Crippen LogP contribution in [0.4, 0.5) is 0 Å². The van der Waals surface area contributed by atoms with Gasteiger partial charge in [-0.2, -0.15) is 0 Å². The number of carboxylic acid groups (broad SMARTS) is 1. The van der Waals surface area contributed by atoms with Crippen molar-refractivity contribution in [3.63, 3.8) is 0 Å². The summed E-state index contributed by atoms with van der Waals surface area (Å²) in [6.45, 7) is 9.52. The average Bonchev–Trinajstić information content (AvgIpc) is 1.75. The SMILES string of the molecule is CC(C)C(=O)OCOC(=O)/C=C/C(=O)OCC1CCC(=O)N1.CC(C)OC(=O)/C=C/C(=O)OCC1CCC(=O)N1.CCOC(=O)/C=C/C(=O)OCC1CCC(=O)N1.COC(=O)/C=C/C(=O)OCC1CCC(=O)N1.Cc1oc(=O)oc1COC(=O)/C=C/C(=O)OCC1CCC(=O)N1.O=C(O)/C=C/C(=O)OCC1NC(=O)CC1=O. The number of ketones is 1. The van der Waals surface area contributed by atoms with Gasteiger partial charge in [-0.25, -0.2) is 62.3 Å². The molecular formula is C70H88N6O36. The van der Waals surface area contributed by atoms with Crippen molar-refractivity contribution < 1.29 is 167 Å². The van der Waals surface area contributed by atoms with Gasteiger partial charge >= 0.3 is 83.4 Å². The van der Waals surface area contributed by atoms with Gasteiger partial charge in [0.15, 0.2) is 23.9 Å². The van der Waals surface area contributed by atoms with Gasteiger partial charge in [-0.1, -0.05) is 13.8 Å². The number of rotatable bonds is 31. The maximum Gasteiger partial charge on any atom is 0.519 e. The van der Waals surface area contributed by atoms with Crippen molar-refractivity contribution in [2.75, 3.05) is 60.2 Å². The molecule has 0 radical (unpaired) electrons. The maximum atomic E-state index is 11.4. The maximum absolute atomic E-state index is 11.4. The molecule has 6 aliphatic heterocycles. The highest BCUT2D eigenvalue weighted by molar-refractivity contribution is 6.07. The Morgan fingerprint density at radius 1 is 0.402 bits per heavy atom. The summed E-state index contributed by atoms with van der Waals surface area (Å²) < 4.78 is 65.8. The van der Waals surface area contributed by atoms with E-state index in [0.29, 0.717) is 70.3 Å². The highest BCUT2D eigenvalue weighted by Gasteiger charge is 2.31. The van der Waals surface area contributed by atoms with E-state index in [2.05, 4.69) is 64.4 Å². The van der Waals surface area contributed by atoms with Crippen LogP contribution < -0.4 is 37.7 Å². The second-order valence-corrected chi connectivity index (χ2v) is 23.9. The fraction of sp³-hybridized carbons (Fsp3) is 0.500. The molecule has 0 aliphatic carbocycles. The minimum Gasteiger partial charge on any atom is -0.478 e. The summed E-state index contributed by atoms with van der Waals surface area (Å²) >= 11 is 0. The summed E-state index contributed by atoms with van der Waals surface area (Å²) in [5.41, 5.74) is 0. The molecule has 6 amide bonds. The van der Waals surface area contributed by atoms with Gasteiger partial charge in [0.05, 0.1) is 62.4 Å². The zero-order chi connectivity index (χ0) is 83.7. The number of hydrogen-bond donors (Lipinski definition) is 7. The molecule has 0 aromatic carbocycles. The number of carbonyl (C=O) groups is 20. The number of methoxy groups -OCH3 is 1. The first-order valence-electron chi connectivity index (χ1n) is 34.2. The molecule has 42 heteroatoms. The van der Waals surface area contributed by atoms with Gasteiger partial charge in [-0.15, -0.1) is 0 Å². The number of aryl methyl sites for hydroxylation is 1. The van der Waals surface area contributed by atoms with Gasteiger partial charge in [-0.05, 0) is 59.8 Å². The van der Waals surface area contributed by atoms with Gasteiger partial charge < -0.3 is 103 Å². The van der Waals surface area contributed by atoms with Crippen molar-refractivity contribution >= 4 is 119 Å². The van der Waals surface area contributed by atoms with E-state index in [9.17, 15) is 101 Å². The Labute approximate surface area is 637 Å². The van der Waals surface area contributed by atoms with Crippen LogP contribution in [0.5, 0.6) is 0 Å². The van der Waals surface area contributed by atoms with E-state index in [1.54, 1.807) is 34.6 Å². The molecular weight excluding hydrogens is 1500 g/mol. The molecule has 614 valence electrons. The van der Waals surface area contributed by atoms with Crippen LogP contribution in [-0.2, 0) is 159 Å². The quantitative estimate of drug-likeness (QED) is 0.0145. The predicted molar refractivity (Wildman–Crippen MR) is 369 cm³/mol. The fourth-order valence-corrected chi connectivity index (χ4v) is 8.52. The van der Waals surface area contributed by atoms with Crippen LogP contribution in [0.2, 0.25) is 0 Å². The van der Waals surface area contributed by atoms with Crippen LogP contribution in [0.1, 0.15) is 117 Å². The number of amides is 6. The lowest BCUT2D eigenvalue weighted by molar-refractivity contribution is -0.167. The monoisotopic (exact) mass is 1590 g/mol. The number of Topliss-reactive ketones (excluding diaryl/α,β-unsaturated/α-hetero) is 1. The molecule has 6 atom stereocenters. The van der Waals surface area contributed by atoms with Crippen LogP contribution in [0.3, 0.4) is 0 Å². The largest absolute Gasteiger partial charge is 0.519 e. The summed E-state index contributed by atoms with van der Waals surface area (Å²) in [7, 11) is 1.21. The van der Waals surface area contributed by atoms with Gasteiger partial charge in [0.1, 0.15) is 45.7 Å². The van der Waals surface area contributed by atoms with E-state index in [1.807, 2.05) is 0 Å². The van der Waals surface area contributed by atoms with E-state index in [-0.39, 0.29) is 148 Å². The van der Waals surface area contributed by atoms with E-state index < -0.39 is 102 Å². The third-order valence-corrected chi connectivity index (χ3v) is 14.0. The second-order valence-electron chi connectivity index (χ2n) is 23.9. The van der Waals surface area contributed by atoms with E-state index in [1.165, 1.54) is 14.0 Å². The van der Waals surface area contributed by atoms with Crippen LogP contribution >= 0.6 is 0 Å². The first-order valence-corrected chi connectivity index (χ1v) is 34.2. The highest BCUT2D eigenvalue weighted by atomic mass is 16.7. The van der Waals surface area contributed by atoms with Crippen LogP contribution in [0.25, 0.3) is 0 Å². The first-order chi connectivity index (χ1) is 53.0. The second kappa shape index (κ2) is 53.0. The van der Waals surface area contributed by atoms with E-state index in [0.717, 1.165) is 66.8 Å². The molecule has 6 aliphatic rings. The van der Waals surface area contributed by atoms with Crippen molar-refractivity contribution in [3.05, 3.63) is 95.0 Å². The number of esters is 12. The predicted octanol–water partition coefficient (Wildman–Crippen LogP) is -1.56. The molecule has 1 aromatic rings. The molecule has 0 saturated carbocycles. The zero-order valence-corrected chi connectivity index (χ0v) is 61.9. The zero-order valence-electron chi connectivity index (χ0n) is 61.9. The van der Waals surface area contributed by atoms with E-state index >= 15 is 0 Å². The van der Waals surface area contributed by atoms with Crippen molar-refractivity contribution in [3.8, 4) is 0 Å². The Hall–Kier alpha value is -13.0. The summed E-state index contributed by atoms with van der Waals surface area (Å²) in [6.07, 6.45) is 15.9. The summed E-state index contributed by atoms with van der Waals surface area (Å²) in [6, 6.07) is -1.58. The summed E-state index contributed by atoms with van der Waals surface area (Å²) in [4.78, 5) is 231. The Morgan fingerprint density at radius 2 is 0.723 bits per heavy atom. The van der Waals surface area contributed by atoms with E-state index in [4.69, 9.17) is 38.3 Å². The normalized spacial score (nSPS) is 18.6. The van der Waals surface area contributed by atoms with Crippen LogP contribution in [0, 0.1) is 12.8 Å². The molecule has 0 spiro atoms. The van der Waals surface area contributed by atoms with Crippen molar-refractivity contribution in [1.82, 2.24) is 31.9 Å². The fourth-order valence-electron chi connectivity index (χ4n) is 8.52. The molecule has 7 N–H and O–H groups in total. The summed E-state index contributed by atoms with van der Waals surface area (Å²) in [5, 5.41) is 23.8. The Bertz CT molecular complexity index is 3760. The summed E-state index contributed by atoms with van der Waals surface area (Å²) in [5.74, 6) is -11.3. The smallest absolute Gasteiger partial charge is 0.478 e. The highest BCUT2D eigenvalue weighted by Crippen LogP contribution is 2.13. The van der Waals surface area contributed by atoms with Crippen molar-refractivity contribution in [1.29, 1.82) is 0 Å². The molecule has 6 unspecified atom stereocenters. The number of aliphatic carboxylic acids is 1. The third-order valence-electron chi connectivity index (χ3n) is 14.0. The lowest BCUT2D eigenvalue weighted by Crippen LogP contribution is -2.34. The first kappa shape index (κ1) is 95.1. The molecule has 0 bridgehead atoms. The Morgan fingerprint density at radius 3 is 1.01 bits per heavy atom. The lowest BCUT2D eigenvalue weighted by Gasteiger charge is -2.09. The molecule has 6 fully saturated rings. The van der Waals surface area contributed by atoms with Gasteiger partial charge in [-0.3, -0.25) is 38.4 Å². The molecule has 7 heterocycles. The van der Waals surface area contributed by atoms with Crippen molar-refractivity contribution in [2.24, 2.45) is 5.92 Å². The Balaban J connectivity index is 0.000000459. The average molecular weight is 1590 g/mol. The topological polar surface area (TPSA) is 588 Å². The van der Waals surface area contributed by atoms with Crippen LogP contribution in [-0.4, -0.2) is 226 Å². The Kier molecular flexibility index (Phi) is 45.0.